The molecule has 0 spiro atoms. The van der Waals surface area contributed by atoms with Gasteiger partial charge < -0.3 is 5.73 Å². The van der Waals surface area contributed by atoms with Crippen molar-refractivity contribution in [2.75, 3.05) is 0 Å². The monoisotopic (exact) mass is 149 g/mol. The molecule has 0 unspecified atom stereocenters. The first-order valence-corrected chi connectivity index (χ1v) is 4.40. The van der Waals surface area contributed by atoms with E-state index in [1.165, 1.54) is 24.0 Å². The molecule has 0 aromatic carbocycles. The van der Waals surface area contributed by atoms with Crippen LogP contribution in [-0.4, -0.2) is 6.04 Å². The highest BCUT2D eigenvalue weighted by atomic mass is 14.7. The highest BCUT2D eigenvalue weighted by Crippen LogP contribution is 2.36. The van der Waals surface area contributed by atoms with Crippen molar-refractivity contribution in [1.29, 1.82) is 0 Å². The highest BCUT2D eigenvalue weighted by Gasteiger charge is 2.30. The van der Waals surface area contributed by atoms with E-state index in [0.29, 0.717) is 6.04 Å². The summed E-state index contributed by atoms with van der Waals surface area (Å²) in [6, 6.07) is 0.365. The van der Waals surface area contributed by atoms with Crippen molar-refractivity contribution in [2.24, 2.45) is 11.7 Å². The summed E-state index contributed by atoms with van der Waals surface area (Å²) in [5, 5.41) is 0. The third-order valence-corrected chi connectivity index (χ3v) is 2.63. The van der Waals surface area contributed by atoms with Gasteiger partial charge in [0.15, 0.2) is 0 Å². The molecule has 0 saturated heterocycles. The van der Waals surface area contributed by atoms with Gasteiger partial charge in [-0.25, -0.2) is 0 Å². The summed E-state index contributed by atoms with van der Waals surface area (Å²) < 4.78 is 0. The summed E-state index contributed by atoms with van der Waals surface area (Å²) in [6.07, 6.45) is 8.30. The molecule has 1 fully saturated rings. The Morgan fingerprint density at radius 3 is 2.73 bits per heavy atom. The summed E-state index contributed by atoms with van der Waals surface area (Å²) in [5.74, 6) is 0.806. The maximum absolute atomic E-state index is 6.04. The Bertz CT molecular complexity index is 221. The lowest BCUT2D eigenvalue weighted by Gasteiger charge is -2.10. The summed E-state index contributed by atoms with van der Waals surface area (Å²) in [4.78, 5) is 0. The summed E-state index contributed by atoms with van der Waals surface area (Å²) >= 11 is 0. The van der Waals surface area contributed by atoms with E-state index in [1.54, 1.807) is 0 Å². The molecular weight excluding hydrogens is 134 g/mol. The molecule has 0 aromatic rings. The lowest BCUT2D eigenvalue weighted by atomic mass is 10.0. The van der Waals surface area contributed by atoms with Gasteiger partial charge in [0.25, 0.3) is 0 Å². The SMILES string of the molecule is CC1=CCC([C@H](N)C2CC2)=C1. The average molecular weight is 149 g/mol. The van der Waals surface area contributed by atoms with Crippen molar-refractivity contribution in [2.45, 2.75) is 32.2 Å². The summed E-state index contributed by atoms with van der Waals surface area (Å²) in [6.45, 7) is 2.15. The molecule has 1 atom stereocenters. The molecule has 0 radical (unpaired) electrons. The zero-order valence-electron chi connectivity index (χ0n) is 7.01. The van der Waals surface area contributed by atoms with E-state index >= 15 is 0 Å². The number of rotatable bonds is 2. The van der Waals surface area contributed by atoms with Crippen LogP contribution in [0.15, 0.2) is 23.3 Å². The number of hydrogen-bond acceptors (Lipinski definition) is 1. The molecule has 2 rings (SSSR count). The molecule has 0 aliphatic heterocycles. The van der Waals surface area contributed by atoms with Gasteiger partial charge >= 0.3 is 0 Å². The Kier molecular flexibility index (Phi) is 1.61. The van der Waals surface area contributed by atoms with Crippen molar-refractivity contribution >= 4 is 0 Å². The van der Waals surface area contributed by atoms with Crippen LogP contribution in [0.4, 0.5) is 0 Å². The van der Waals surface area contributed by atoms with E-state index in [1.807, 2.05) is 0 Å². The minimum Gasteiger partial charge on any atom is -0.324 e. The number of hydrogen-bond donors (Lipinski definition) is 1. The van der Waals surface area contributed by atoms with Crippen LogP contribution < -0.4 is 5.73 Å². The molecule has 2 aliphatic rings. The van der Waals surface area contributed by atoms with Gasteiger partial charge in [0.2, 0.25) is 0 Å². The van der Waals surface area contributed by atoms with Gasteiger partial charge in [0.05, 0.1) is 0 Å². The fourth-order valence-corrected chi connectivity index (χ4v) is 1.68. The molecule has 11 heavy (non-hydrogen) atoms. The topological polar surface area (TPSA) is 26.0 Å². The van der Waals surface area contributed by atoms with Gasteiger partial charge in [0.1, 0.15) is 0 Å². The minimum absolute atomic E-state index is 0.365. The summed E-state index contributed by atoms with van der Waals surface area (Å²) in [5.41, 5.74) is 8.88. The predicted octanol–water partition coefficient (Wildman–Crippen LogP) is 2.00. The second-order valence-electron chi connectivity index (χ2n) is 3.73. The first-order chi connectivity index (χ1) is 5.27. The van der Waals surface area contributed by atoms with Crippen molar-refractivity contribution < 1.29 is 0 Å². The van der Waals surface area contributed by atoms with E-state index < -0.39 is 0 Å². The van der Waals surface area contributed by atoms with Gasteiger partial charge in [-0.2, -0.15) is 0 Å². The third-order valence-electron chi connectivity index (χ3n) is 2.63. The van der Waals surface area contributed by atoms with Crippen LogP contribution in [-0.2, 0) is 0 Å². The predicted molar refractivity (Wildman–Crippen MR) is 47.2 cm³/mol. The standard InChI is InChI=1S/C10H15N/c1-7-2-3-9(6-7)10(11)8-4-5-8/h2,6,8,10H,3-5,11H2,1H3/t10-/m1/s1. The van der Waals surface area contributed by atoms with Gasteiger partial charge in [-0.3, -0.25) is 0 Å². The molecular formula is C10H15N. The first kappa shape index (κ1) is 7.11. The zero-order valence-corrected chi connectivity index (χ0v) is 7.01. The van der Waals surface area contributed by atoms with Crippen molar-refractivity contribution in [1.82, 2.24) is 0 Å². The van der Waals surface area contributed by atoms with Crippen LogP contribution in [0.1, 0.15) is 26.2 Å². The molecule has 2 aliphatic carbocycles. The molecule has 0 heterocycles. The highest BCUT2D eigenvalue weighted by molar-refractivity contribution is 5.34. The van der Waals surface area contributed by atoms with Crippen LogP contribution >= 0.6 is 0 Å². The van der Waals surface area contributed by atoms with E-state index in [2.05, 4.69) is 19.1 Å². The van der Waals surface area contributed by atoms with Crippen LogP contribution in [0.3, 0.4) is 0 Å². The minimum atomic E-state index is 0.365. The normalized spacial score (nSPS) is 26.4. The van der Waals surface area contributed by atoms with Crippen LogP contribution in [0.2, 0.25) is 0 Å². The van der Waals surface area contributed by atoms with E-state index in [-0.39, 0.29) is 0 Å². The van der Waals surface area contributed by atoms with Crippen molar-refractivity contribution in [3.8, 4) is 0 Å². The average Bonchev–Trinajstić information content (AvgIpc) is 2.74. The maximum atomic E-state index is 6.04. The quantitative estimate of drug-likeness (QED) is 0.638. The third kappa shape index (κ3) is 1.38. The largest absolute Gasteiger partial charge is 0.324 e. The molecule has 0 bridgehead atoms. The molecule has 1 saturated carbocycles. The molecule has 1 heteroatoms. The van der Waals surface area contributed by atoms with Crippen LogP contribution in [0, 0.1) is 5.92 Å². The Morgan fingerprint density at radius 1 is 1.55 bits per heavy atom. The lowest BCUT2D eigenvalue weighted by Crippen LogP contribution is -2.24. The first-order valence-electron chi connectivity index (χ1n) is 4.40. The Labute approximate surface area is 68.0 Å². The van der Waals surface area contributed by atoms with Crippen molar-refractivity contribution in [3.05, 3.63) is 23.3 Å². The molecule has 0 amide bonds. The smallest absolute Gasteiger partial charge is 0.0288 e. The number of allylic oxidation sites excluding steroid dienone is 3. The van der Waals surface area contributed by atoms with E-state index in [4.69, 9.17) is 5.73 Å². The maximum Gasteiger partial charge on any atom is 0.0288 e. The van der Waals surface area contributed by atoms with E-state index in [9.17, 15) is 0 Å². The number of nitrogens with two attached hydrogens (primary N) is 1. The fraction of sp³-hybridized carbons (Fsp3) is 0.600. The van der Waals surface area contributed by atoms with Crippen LogP contribution in [0.5, 0.6) is 0 Å². The van der Waals surface area contributed by atoms with Crippen molar-refractivity contribution in [3.63, 3.8) is 0 Å². The molecule has 0 aromatic heterocycles. The van der Waals surface area contributed by atoms with Gasteiger partial charge in [-0.15, -0.1) is 0 Å². The summed E-state index contributed by atoms with van der Waals surface area (Å²) in [7, 11) is 0. The molecule has 1 nitrogen and oxygen atoms in total. The van der Waals surface area contributed by atoms with Gasteiger partial charge in [-0.05, 0) is 37.7 Å². The fourth-order valence-electron chi connectivity index (χ4n) is 1.68. The second-order valence-corrected chi connectivity index (χ2v) is 3.73. The van der Waals surface area contributed by atoms with E-state index in [0.717, 1.165) is 12.3 Å². The van der Waals surface area contributed by atoms with Gasteiger partial charge in [0, 0.05) is 6.04 Å². The van der Waals surface area contributed by atoms with Crippen LogP contribution in [0.25, 0.3) is 0 Å². The Morgan fingerprint density at radius 2 is 2.27 bits per heavy atom. The Balaban J connectivity index is 2.01. The lowest BCUT2D eigenvalue weighted by molar-refractivity contribution is 0.665. The second kappa shape index (κ2) is 2.49. The Hall–Kier alpha value is -0.560. The zero-order chi connectivity index (χ0) is 7.84. The molecule has 2 N–H and O–H groups in total. The molecule has 60 valence electrons. The van der Waals surface area contributed by atoms with Gasteiger partial charge in [-0.1, -0.05) is 17.7 Å².